The highest BCUT2D eigenvalue weighted by Gasteiger charge is 2.42. The van der Waals surface area contributed by atoms with E-state index in [1.165, 1.54) is 71.2 Å². The summed E-state index contributed by atoms with van der Waals surface area (Å²) in [4.78, 5) is 5.62. The molecule has 0 aromatic rings. The molecule has 3 heterocycles. The summed E-state index contributed by atoms with van der Waals surface area (Å²) in [6, 6.07) is 2.60. The Kier molecular flexibility index (Phi) is 3.10. The second-order valence-electron chi connectivity index (χ2n) is 6.85. The highest BCUT2D eigenvalue weighted by atomic mass is 15.3. The molecule has 4 aliphatic rings. The van der Waals surface area contributed by atoms with Crippen molar-refractivity contribution in [1.82, 2.24) is 15.1 Å². The van der Waals surface area contributed by atoms with Crippen LogP contribution >= 0.6 is 0 Å². The van der Waals surface area contributed by atoms with Crippen molar-refractivity contribution >= 4 is 0 Å². The second kappa shape index (κ2) is 4.77. The molecule has 4 rings (SSSR count). The van der Waals surface area contributed by atoms with Gasteiger partial charge in [-0.25, -0.2) is 0 Å². The van der Waals surface area contributed by atoms with Gasteiger partial charge in [-0.1, -0.05) is 6.42 Å². The number of piperazine rings is 1. The standard InChI is InChI=1S/C15H27N3/c1-2-8-17-9-6-15(14(17)3-1)18-10-7-16-13(11-18)12-4-5-12/h12-16H,1-11H2. The van der Waals surface area contributed by atoms with Gasteiger partial charge in [0.25, 0.3) is 0 Å². The highest BCUT2D eigenvalue weighted by Crippen LogP contribution is 2.36. The number of hydrogen-bond acceptors (Lipinski definition) is 3. The summed E-state index contributed by atoms with van der Waals surface area (Å²) >= 11 is 0. The van der Waals surface area contributed by atoms with Crippen LogP contribution in [0.15, 0.2) is 0 Å². The van der Waals surface area contributed by atoms with Gasteiger partial charge in [-0.2, -0.15) is 0 Å². The maximum Gasteiger partial charge on any atom is 0.0264 e. The summed E-state index contributed by atoms with van der Waals surface area (Å²) in [7, 11) is 0. The van der Waals surface area contributed by atoms with Crippen LogP contribution in [0.1, 0.15) is 38.5 Å². The Morgan fingerprint density at radius 3 is 2.56 bits per heavy atom. The fourth-order valence-electron chi connectivity index (χ4n) is 4.56. The first-order valence-electron chi connectivity index (χ1n) is 8.13. The van der Waals surface area contributed by atoms with Crippen LogP contribution in [0.25, 0.3) is 0 Å². The molecule has 0 amide bonds. The Balaban J connectivity index is 1.42. The van der Waals surface area contributed by atoms with E-state index in [4.69, 9.17) is 0 Å². The first kappa shape index (κ1) is 11.7. The lowest BCUT2D eigenvalue weighted by Gasteiger charge is -2.42. The first-order valence-corrected chi connectivity index (χ1v) is 8.13. The van der Waals surface area contributed by atoms with Gasteiger partial charge < -0.3 is 5.32 Å². The van der Waals surface area contributed by atoms with Crippen LogP contribution in [-0.2, 0) is 0 Å². The number of rotatable bonds is 2. The van der Waals surface area contributed by atoms with Gasteiger partial charge in [0, 0.05) is 44.3 Å². The topological polar surface area (TPSA) is 18.5 Å². The summed E-state index contributed by atoms with van der Waals surface area (Å²) in [5.41, 5.74) is 0. The third-order valence-corrected chi connectivity index (χ3v) is 5.72. The maximum absolute atomic E-state index is 3.75. The lowest BCUT2D eigenvalue weighted by molar-refractivity contribution is 0.0864. The lowest BCUT2D eigenvalue weighted by atomic mass is 9.96. The average molecular weight is 249 g/mol. The Morgan fingerprint density at radius 2 is 1.67 bits per heavy atom. The van der Waals surface area contributed by atoms with Crippen molar-refractivity contribution in [3.63, 3.8) is 0 Å². The van der Waals surface area contributed by atoms with Crippen molar-refractivity contribution < 1.29 is 0 Å². The van der Waals surface area contributed by atoms with Crippen molar-refractivity contribution in [1.29, 1.82) is 0 Å². The zero-order valence-electron chi connectivity index (χ0n) is 11.5. The summed E-state index contributed by atoms with van der Waals surface area (Å²) < 4.78 is 0. The quantitative estimate of drug-likeness (QED) is 0.796. The van der Waals surface area contributed by atoms with Gasteiger partial charge in [0.1, 0.15) is 0 Å². The normalized spacial score (nSPS) is 43.0. The third-order valence-electron chi connectivity index (χ3n) is 5.72. The van der Waals surface area contributed by atoms with Crippen molar-refractivity contribution in [3.8, 4) is 0 Å². The smallest absolute Gasteiger partial charge is 0.0264 e. The van der Waals surface area contributed by atoms with E-state index in [0.717, 1.165) is 24.0 Å². The number of nitrogens with one attached hydrogen (secondary N) is 1. The van der Waals surface area contributed by atoms with Gasteiger partial charge in [-0.05, 0) is 44.6 Å². The van der Waals surface area contributed by atoms with E-state index in [1.807, 2.05) is 0 Å². The number of hydrogen-bond donors (Lipinski definition) is 1. The van der Waals surface area contributed by atoms with Gasteiger partial charge in [-0.15, -0.1) is 0 Å². The maximum atomic E-state index is 3.75. The number of nitrogens with zero attached hydrogens (tertiary/aromatic N) is 2. The number of piperidine rings is 1. The van der Waals surface area contributed by atoms with Crippen molar-refractivity contribution in [3.05, 3.63) is 0 Å². The van der Waals surface area contributed by atoms with Crippen LogP contribution in [0.4, 0.5) is 0 Å². The molecule has 3 heteroatoms. The van der Waals surface area contributed by atoms with E-state index in [9.17, 15) is 0 Å². The highest BCUT2D eigenvalue weighted by molar-refractivity contribution is 4.99. The molecular formula is C15H27N3. The van der Waals surface area contributed by atoms with Crippen LogP contribution in [0, 0.1) is 5.92 Å². The molecule has 0 aromatic carbocycles. The third kappa shape index (κ3) is 2.10. The van der Waals surface area contributed by atoms with E-state index < -0.39 is 0 Å². The minimum absolute atomic E-state index is 0.816. The summed E-state index contributed by atoms with van der Waals surface area (Å²) in [6.07, 6.45) is 8.76. The Hall–Kier alpha value is -0.120. The van der Waals surface area contributed by atoms with Crippen molar-refractivity contribution in [2.24, 2.45) is 5.92 Å². The molecule has 18 heavy (non-hydrogen) atoms. The minimum atomic E-state index is 0.816. The van der Waals surface area contributed by atoms with E-state index >= 15 is 0 Å². The molecule has 102 valence electrons. The second-order valence-corrected chi connectivity index (χ2v) is 6.85. The molecular weight excluding hydrogens is 222 g/mol. The predicted octanol–water partition coefficient (Wildman–Crippen LogP) is 1.30. The predicted molar refractivity (Wildman–Crippen MR) is 73.7 cm³/mol. The van der Waals surface area contributed by atoms with E-state index in [1.54, 1.807) is 0 Å². The van der Waals surface area contributed by atoms with Gasteiger partial charge in [0.2, 0.25) is 0 Å². The van der Waals surface area contributed by atoms with Crippen molar-refractivity contribution in [2.45, 2.75) is 56.7 Å². The zero-order chi connectivity index (χ0) is 11.9. The summed E-state index contributed by atoms with van der Waals surface area (Å²) in [5, 5.41) is 3.75. The van der Waals surface area contributed by atoms with E-state index in [-0.39, 0.29) is 0 Å². The molecule has 0 bridgehead atoms. The van der Waals surface area contributed by atoms with E-state index in [2.05, 4.69) is 15.1 Å². The van der Waals surface area contributed by atoms with Gasteiger partial charge in [-0.3, -0.25) is 9.80 Å². The molecule has 3 saturated heterocycles. The number of fused-ring (bicyclic) bond motifs is 1. The van der Waals surface area contributed by atoms with Crippen LogP contribution < -0.4 is 5.32 Å². The molecule has 0 aromatic heterocycles. The summed E-state index contributed by atoms with van der Waals surface area (Å²) in [5.74, 6) is 1.01. The Morgan fingerprint density at radius 1 is 0.778 bits per heavy atom. The molecule has 0 spiro atoms. The monoisotopic (exact) mass is 249 g/mol. The fourth-order valence-corrected chi connectivity index (χ4v) is 4.56. The molecule has 3 aliphatic heterocycles. The van der Waals surface area contributed by atoms with Gasteiger partial charge in [0.15, 0.2) is 0 Å². The van der Waals surface area contributed by atoms with Crippen LogP contribution in [-0.4, -0.2) is 60.6 Å². The van der Waals surface area contributed by atoms with Gasteiger partial charge >= 0.3 is 0 Å². The molecule has 3 nitrogen and oxygen atoms in total. The average Bonchev–Trinajstić information content (AvgIpc) is 3.19. The fraction of sp³-hybridized carbons (Fsp3) is 1.00. The minimum Gasteiger partial charge on any atom is -0.311 e. The lowest BCUT2D eigenvalue weighted by Crippen LogP contribution is -2.57. The molecule has 0 radical (unpaired) electrons. The Labute approximate surface area is 111 Å². The van der Waals surface area contributed by atoms with Crippen LogP contribution in [0.3, 0.4) is 0 Å². The van der Waals surface area contributed by atoms with Gasteiger partial charge in [0.05, 0.1) is 0 Å². The van der Waals surface area contributed by atoms with Crippen LogP contribution in [0.2, 0.25) is 0 Å². The summed E-state index contributed by atoms with van der Waals surface area (Å²) in [6.45, 7) is 6.59. The van der Waals surface area contributed by atoms with Crippen molar-refractivity contribution in [2.75, 3.05) is 32.7 Å². The molecule has 1 saturated carbocycles. The largest absolute Gasteiger partial charge is 0.311 e. The molecule has 1 aliphatic carbocycles. The molecule has 1 N–H and O–H groups in total. The van der Waals surface area contributed by atoms with Crippen LogP contribution in [0.5, 0.6) is 0 Å². The SMILES string of the molecule is C1CCN2CCC(N3CCNC(C4CC4)C3)C2C1. The molecule has 4 fully saturated rings. The zero-order valence-corrected chi connectivity index (χ0v) is 11.5. The molecule has 3 unspecified atom stereocenters. The molecule has 3 atom stereocenters. The Bertz CT molecular complexity index is 302. The first-order chi connectivity index (χ1) is 8.92. The van der Waals surface area contributed by atoms with E-state index in [0.29, 0.717) is 0 Å².